The zero-order valence-corrected chi connectivity index (χ0v) is 11.6. The van der Waals surface area contributed by atoms with Crippen molar-refractivity contribution in [2.24, 2.45) is 5.41 Å². The van der Waals surface area contributed by atoms with Crippen molar-refractivity contribution in [3.05, 3.63) is 29.3 Å². The van der Waals surface area contributed by atoms with Crippen LogP contribution in [-0.4, -0.2) is 11.7 Å². The van der Waals surface area contributed by atoms with Gasteiger partial charge in [-0.1, -0.05) is 32.4 Å². The van der Waals surface area contributed by atoms with E-state index in [1.54, 1.807) is 6.92 Å². The van der Waals surface area contributed by atoms with Crippen molar-refractivity contribution in [3.63, 3.8) is 0 Å². The quantitative estimate of drug-likeness (QED) is 0.860. The Morgan fingerprint density at radius 2 is 1.94 bits per heavy atom. The third-order valence-electron chi connectivity index (χ3n) is 2.73. The van der Waals surface area contributed by atoms with Crippen molar-refractivity contribution in [2.45, 2.75) is 47.1 Å². The Balaban J connectivity index is 2.70. The number of hydrogen-bond donors (Lipinski definition) is 1. The van der Waals surface area contributed by atoms with Crippen LogP contribution < -0.4 is 4.74 Å². The third kappa shape index (κ3) is 4.78. The molecule has 1 aromatic carbocycles. The molecule has 1 aromatic rings. The van der Waals surface area contributed by atoms with Gasteiger partial charge in [-0.3, -0.25) is 0 Å². The molecule has 0 aliphatic carbocycles. The van der Waals surface area contributed by atoms with Gasteiger partial charge in [-0.05, 0) is 37.8 Å². The number of benzene rings is 1. The Bertz CT molecular complexity index is 362. The highest BCUT2D eigenvalue weighted by atomic mass is 16.5. The fraction of sp³-hybridized carbons (Fsp3) is 0.600. The summed E-state index contributed by atoms with van der Waals surface area (Å²) in [4.78, 5) is 0. The van der Waals surface area contributed by atoms with E-state index < -0.39 is 6.10 Å². The molecule has 0 heterocycles. The summed E-state index contributed by atoms with van der Waals surface area (Å²) in [6.07, 6.45) is 0.514. The van der Waals surface area contributed by atoms with Gasteiger partial charge in [0.25, 0.3) is 0 Å². The zero-order chi connectivity index (χ0) is 13.1. The maximum Gasteiger partial charge on any atom is 0.125 e. The van der Waals surface area contributed by atoms with Gasteiger partial charge in [0.2, 0.25) is 0 Å². The average Bonchev–Trinajstić information content (AvgIpc) is 2.18. The van der Waals surface area contributed by atoms with Gasteiger partial charge in [0.05, 0.1) is 12.7 Å². The summed E-state index contributed by atoms with van der Waals surface area (Å²) >= 11 is 0. The molecule has 1 rings (SSSR count). The van der Waals surface area contributed by atoms with Gasteiger partial charge in [0.1, 0.15) is 5.75 Å². The lowest BCUT2D eigenvalue weighted by molar-refractivity contribution is 0.186. The first-order chi connectivity index (χ1) is 7.79. The molecular formula is C15H24O2. The van der Waals surface area contributed by atoms with Crippen LogP contribution in [0.1, 0.15) is 51.3 Å². The molecule has 1 atom stereocenters. The van der Waals surface area contributed by atoms with Crippen LogP contribution >= 0.6 is 0 Å². The molecule has 2 nitrogen and oxygen atoms in total. The SMILES string of the molecule is Cc1ccc(OCCC(C)(C)C)c([C@H](C)O)c1. The summed E-state index contributed by atoms with van der Waals surface area (Å²) in [5, 5.41) is 9.71. The molecule has 0 bridgehead atoms. The van der Waals surface area contributed by atoms with Crippen molar-refractivity contribution in [1.82, 2.24) is 0 Å². The third-order valence-corrected chi connectivity index (χ3v) is 2.73. The molecular weight excluding hydrogens is 212 g/mol. The van der Waals surface area contributed by atoms with Gasteiger partial charge < -0.3 is 9.84 Å². The predicted molar refractivity (Wildman–Crippen MR) is 71.4 cm³/mol. The van der Waals surface area contributed by atoms with Crippen LogP contribution in [-0.2, 0) is 0 Å². The van der Waals surface area contributed by atoms with Crippen molar-refractivity contribution in [3.8, 4) is 5.75 Å². The van der Waals surface area contributed by atoms with Gasteiger partial charge in [-0.15, -0.1) is 0 Å². The summed E-state index contributed by atoms with van der Waals surface area (Å²) in [5.74, 6) is 0.801. The molecule has 0 aliphatic rings. The van der Waals surface area contributed by atoms with Crippen LogP contribution in [0, 0.1) is 12.3 Å². The molecule has 2 heteroatoms. The number of aliphatic hydroxyl groups is 1. The fourth-order valence-electron chi connectivity index (χ4n) is 1.59. The van der Waals surface area contributed by atoms with Crippen LogP contribution in [0.4, 0.5) is 0 Å². The molecule has 0 unspecified atom stereocenters. The Kier molecular flexibility index (Phi) is 4.58. The number of ether oxygens (including phenoxy) is 1. The van der Waals surface area contributed by atoms with E-state index in [-0.39, 0.29) is 5.41 Å². The summed E-state index contributed by atoms with van der Waals surface area (Å²) in [5.41, 5.74) is 2.29. The maximum atomic E-state index is 9.71. The second-order valence-corrected chi connectivity index (χ2v) is 5.88. The van der Waals surface area contributed by atoms with Crippen molar-refractivity contribution < 1.29 is 9.84 Å². The lowest BCUT2D eigenvalue weighted by atomic mass is 9.93. The normalized spacial score (nSPS) is 13.5. The first kappa shape index (κ1) is 14.0. The van der Waals surface area contributed by atoms with Crippen LogP contribution in [0.5, 0.6) is 5.75 Å². The first-order valence-corrected chi connectivity index (χ1v) is 6.21. The van der Waals surface area contributed by atoms with Crippen LogP contribution in [0.2, 0.25) is 0 Å². The zero-order valence-electron chi connectivity index (χ0n) is 11.6. The number of rotatable bonds is 4. The van der Waals surface area contributed by atoms with Crippen LogP contribution in [0.3, 0.4) is 0 Å². The van der Waals surface area contributed by atoms with Gasteiger partial charge in [0.15, 0.2) is 0 Å². The minimum atomic E-state index is -0.487. The van der Waals surface area contributed by atoms with Crippen LogP contribution in [0.25, 0.3) is 0 Å². The molecule has 1 N–H and O–H groups in total. The lowest BCUT2D eigenvalue weighted by Crippen LogP contribution is -2.12. The van der Waals surface area contributed by atoms with Crippen molar-refractivity contribution in [2.75, 3.05) is 6.61 Å². The van der Waals surface area contributed by atoms with E-state index in [9.17, 15) is 5.11 Å². The molecule has 0 fully saturated rings. The summed E-state index contributed by atoms with van der Waals surface area (Å²) < 4.78 is 5.77. The van der Waals surface area contributed by atoms with Crippen LogP contribution in [0.15, 0.2) is 18.2 Å². The Hall–Kier alpha value is -1.02. The van der Waals surface area contributed by atoms with E-state index in [1.165, 1.54) is 0 Å². The monoisotopic (exact) mass is 236 g/mol. The second kappa shape index (κ2) is 5.54. The molecule has 0 amide bonds. The Labute approximate surface area is 105 Å². The summed E-state index contributed by atoms with van der Waals surface area (Å²) in [6.45, 7) is 11.1. The number of hydrogen-bond acceptors (Lipinski definition) is 2. The predicted octanol–water partition coefficient (Wildman–Crippen LogP) is 3.86. The standard InChI is InChI=1S/C15H24O2/c1-11-6-7-14(13(10-11)12(2)16)17-9-8-15(3,4)5/h6-7,10,12,16H,8-9H2,1-5H3/t12-/m0/s1. The van der Waals surface area contributed by atoms with E-state index in [2.05, 4.69) is 20.8 Å². The molecule has 0 saturated carbocycles. The fourth-order valence-corrected chi connectivity index (χ4v) is 1.59. The molecule has 0 radical (unpaired) electrons. The number of aryl methyl sites for hydroxylation is 1. The second-order valence-electron chi connectivity index (χ2n) is 5.88. The Morgan fingerprint density at radius 3 is 2.47 bits per heavy atom. The molecule has 17 heavy (non-hydrogen) atoms. The number of aliphatic hydroxyl groups excluding tert-OH is 1. The van der Waals surface area contributed by atoms with E-state index in [4.69, 9.17) is 4.74 Å². The van der Waals surface area contributed by atoms with E-state index in [0.29, 0.717) is 6.61 Å². The summed E-state index contributed by atoms with van der Waals surface area (Å²) in [6, 6.07) is 5.94. The highest BCUT2D eigenvalue weighted by molar-refractivity contribution is 5.38. The van der Waals surface area contributed by atoms with E-state index in [0.717, 1.165) is 23.3 Å². The molecule has 96 valence electrons. The Morgan fingerprint density at radius 1 is 1.29 bits per heavy atom. The highest BCUT2D eigenvalue weighted by Gasteiger charge is 2.12. The first-order valence-electron chi connectivity index (χ1n) is 6.21. The van der Waals surface area contributed by atoms with E-state index in [1.807, 2.05) is 25.1 Å². The lowest BCUT2D eigenvalue weighted by Gasteiger charge is -2.20. The van der Waals surface area contributed by atoms with Gasteiger partial charge in [-0.25, -0.2) is 0 Å². The van der Waals surface area contributed by atoms with E-state index >= 15 is 0 Å². The van der Waals surface area contributed by atoms with Gasteiger partial charge >= 0.3 is 0 Å². The average molecular weight is 236 g/mol. The molecule has 0 aromatic heterocycles. The topological polar surface area (TPSA) is 29.5 Å². The largest absolute Gasteiger partial charge is 0.493 e. The summed E-state index contributed by atoms with van der Waals surface area (Å²) in [7, 11) is 0. The highest BCUT2D eigenvalue weighted by Crippen LogP contribution is 2.27. The molecule has 0 spiro atoms. The van der Waals surface area contributed by atoms with Crippen molar-refractivity contribution >= 4 is 0 Å². The molecule has 0 saturated heterocycles. The molecule has 0 aliphatic heterocycles. The van der Waals surface area contributed by atoms with Gasteiger partial charge in [0, 0.05) is 5.56 Å². The van der Waals surface area contributed by atoms with Gasteiger partial charge in [-0.2, -0.15) is 0 Å². The smallest absolute Gasteiger partial charge is 0.125 e. The minimum absolute atomic E-state index is 0.274. The minimum Gasteiger partial charge on any atom is -0.493 e. The van der Waals surface area contributed by atoms with Crippen molar-refractivity contribution in [1.29, 1.82) is 0 Å². The maximum absolute atomic E-state index is 9.71.